The van der Waals surface area contributed by atoms with E-state index in [1.165, 1.54) is 18.5 Å². The lowest BCUT2D eigenvalue weighted by Gasteiger charge is -2.32. The van der Waals surface area contributed by atoms with Crippen molar-refractivity contribution in [2.45, 2.75) is 33.6 Å². The summed E-state index contributed by atoms with van der Waals surface area (Å²) >= 11 is 0. The topological polar surface area (TPSA) is 32.3 Å². The Bertz CT molecular complexity index is 425. The number of carbonyl (C=O) groups excluding carboxylic acids is 1. The Balaban J connectivity index is 2.00. The fourth-order valence-corrected chi connectivity index (χ4v) is 2.47. The van der Waals surface area contributed by atoms with Crippen LogP contribution in [0.25, 0.3) is 0 Å². The van der Waals surface area contributed by atoms with E-state index in [0.29, 0.717) is 0 Å². The van der Waals surface area contributed by atoms with E-state index in [0.717, 1.165) is 24.7 Å². The summed E-state index contributed by atoms with van der Waals surface area (Å²) in [5.41, 5.74) is 2.14. The van der Waals surface area contributed by atoms with Gasteiger partial charge in [0.2, 0.25) is 5.91 Å². The Morgan fingerprint density at radius 3 is 2.58 bits per heavy atom. The van der Waals surface area contributed by atoms with Crippen molar-refractivity contribution in [3.8, 4) is 0 Å². The van der Waals surface area contributed by atoms with Crippen LogP contribution in [0.2, 0.25) is 0 Å². The van der Waals surface area contributed by atoms with Crippen LogP contribution in [0.15, 0.2) is 24.3 Å². The monoisotopic (exact) mass is 260 g/mol. The second-order valence-corrected chi connectivity index (χ2v) is 5.88. The normalized spacial score (nSPS) is 19.6. The molecule has 1 N–H and O–H groups in total. The molecule has 1 atom stereocenters. The van der Waals surface area contributed by atoms with Crippen molar-refractivity contribution in [1.29, 1.82) is 0 Å². The maximum absolute atomic E-state index is 11.6. The van der Waals surface area contributed by atoms with Gasteiger partial charge < -0.3 is 10.2 Å². The molecule has 0 spiro atoms. The molecule has 0 radical (unpaired) electrons. The fourth-order valence-electron chi connectivity index (χ4n) is 2.47. The van der Waals surface area contributed by atoms with Crippen molar-refractivity contribution in [3.63, 3.8) is 0 Å². The van der Waals surface area contributed by atoms with Crippen LogP contribution in [-0.4, -0.2) is 19.0 Å². The van der Waals surface area contributed by atoms with Crippen LogP contribution >= 0.6 is 0 Å². The third-order valence-electron chi connectivity index (χ3n) is 3.68. The van der Waals surface area contributed by atoms with Gasteiger partial charge in [-0.25, -0.2) is 0 Å². The molecule has 1 heterocycles. The highest BCUT2D eigenvalue weighted by Crippen LogP contribution is 2.24. The lowest BCUT2D eigenvalue weighted by Crippen LogP contribution is -2.34. The van der Waals surface area contributed by atoms with Gasteiger partial charge in [-0.1, -0.05) is 20.8 Å². The van der Waals surface area contributed by atoms with Gasteiger partial charge in [-0.3, -0.25) is 4.79 Å². The van der Waals surface area contributed by atoms with Crippen LogP contribution in [-0.2, 0) is 4.79 Å². The number of rotatable bonds is 3. The van der Waals surface area contributed by atoms with Gasteiger partial charge in [0.25, 0.3) is 0 Å². The third kappa shape index (κ3) is 3.72. The lowest BCUT2D eigenvalue weighted by atomic mass is 10.00. The first-order chi connectivity index (χ1) is 9.06. The van der Waals surface area contributed by atoms with Crippen LogP contribution in [0.5, 0.6) is 0 Å². The van der Waals surface area contributed by atoms with Crippen LogP contribution in [0, 0.1) is 11.8 Å². The summed E-state index contributed by atoms with van der Waals surface area (Å²) in [6.45, 7) is 8.39. The van der Waals surface area contributed by atoms with Crippen molar-refractivity contribution < 1.29 is 4.79 Å². The Morgan fingerprint density at radius 1 is 1.32 bits per heavy atom. The molecule has 1 aliphatic rings. The molecule has 0 bridgehead atoms. The molecule has 0 aromatic heterocycles. The van der Waals surface area contributed by atoms with E-state index in [4.69, 9.17) is 0 Å². The van der Waals surface area contributed by atoms with Crippen molar-refractivity contribution in [3.05, 3.63) is 24.3 Å². The van der Waals surface area contributed by atoms with Crippen LogP contribution in [0.3, 0.4) is 0 Å². The fraction of sp³-hybridized carbons (Fsp3) is 0.562. The molecular formula is C16H24N2O. The van der Waals surface area contributed by atoms with E-state index in [1.807, 2.05) is 26.0 Å². The summed E-state index contributed by atoms with van der Waals surface area (Å²) in [4.78, 5) is 14.1. The molecule has 1 aromatic rings. The maximum atomic E-state index is 11.6. The van der Waals surface area contributed by atoms with Crippen LogP contribution in [0.4, 0.5) is 11.4 Å². The minimum absolute atomic E-state index is 0.0163. The first kappa shape index (κ1) is 13.9. The van der Waals surface area contributed by atoms with Crippen molar-refractivity contribution >= 4 is 17.3 Å². The zero-order valence-electron chi connectivity index (χ0n) is 12.1. The van der Waals surface area contributed by atoms with Crippen LogP contribution in [0.1, 0.15) is 33.6 Å². The highest BCUT2D eigenvalue weighted by Gasteiger charge is 2.16. The van der Waals surface area contributed by atoms with Gasteiger partial charge in [0.05, 0.1) is 0 Å². The average Bonchev–Trinajstić information content (AvgIpc) is 2.39. The smallest absolute Gasteiger partial charge is 0.226 e. The van der Waals surface area contributed by atoms with Gasteiger partial charge in [0, 0.05) is 30.4 Å². The van der Waals surface area contributed by atoms with E-state index in [2.05, 4.69) is 29.3 Å². The third-order valence-corrected chi connectivity index (χ3v) is 3.68. The summed E-state index contributed by atoms with van der Waals surface area (Å²) in [5, 5.41) is 2.92. The quantitative estimate of drug-likeness (QED) is 0.902. The molecule has 0 saturated carbocycles. The highest BCUT2D eigenvalue weighted by atomic mass is 16.1. The van der Waals surface area contributed by atoms with Crippen molar-refractivity contribution in [1.82, 2.24) is 0 Å². The zero-order chi connectivity index (χ0) is 13.8. The molecule has 2 rings (SSSR count). The molecular weight excluding hydrogens is 236 g/mol. The van der Waals surface area contributed by atoms with Gasteiger partial charge >= 0.3 is 0 Å². The van der Waals surface area contributed by atoms with E-state index >= 15 is 0 Å². The number of nitrogens with one attached hydrogen (secondary N) is 1. The average molecular weight is 260 g/mol. The summed E-state index contributed by atoms with van der Waals surface area (Å²) in [7, 11) is 0. The molecule has 3 nitrogen and oxygen atoms in total. The molecule has 3 heteroatoms. The Hall–Kier alpha value is -1.51. The lowest BCUT2D eigenvalue weighted by molar-refractivity contribution is -0.118. The van der Waals surface area contributed by atoms with Crippen molar-refractivity contribution in [2.75, 3.05) is 23.3 Å². The molecule has 1 aromatic carbocycles. The second-order valence-electron chi connectivity index (χ2n) is 5.88. The van der Waals surface area contributed by atoms with Gasteiger partial charge in [-0.2, -0.15) is 0 Å². The Kier molecular flexibility index (Phi) is 4.46. The van der Waals surface area contributed by atoms with Gasteiger partial charge in [-0.15, -0.1) is 0 Å². The summed E-state index contributed by atoms with van der Waals surface area (Å²) < 4.78 is 0. The minimum Gasteiger partial charge on any atom is -0.371 e. The standard InChI is InChI=1S/C16H24N2O/c1-12(2)16(19)17-14-6-8-15(9-7-14)18-10-4-5-13(3)11-18/h6-9,12-13H,4-5,10-11H2,1-3H3,(H,17,19). The Labute approximate surface area is 116 Å². The number of piperidine rings is 1. The SMILES string of the molecule is CC1CCCN(c2ccc(NC(=O)C(C)C)cc2)C1. The molecule has 104 valence electrons. The number of hydrogen-bond donors (Lipinski definition) is 1. The van der Waals surface area contributed by atoms with E-state index < -0.39 is 0 Å². The molecule has 1 saturated heterocycles. The van der Waals surface area contributed by atoms with Gasteiger partial charge in [0.15, 0.2) is 0 Å². The maximum Gasteiger partial charge on any atom is 0.226 e. The van der Waals surface area contributed by atoms with E-state index in [1.54, 1.807) is 0 Å². The molecule has 1 unspecified atom stereocenters. The van der Waals surface area contributed by atoms with Gasteiger partial charge in [-0.05, 0) is 43.0 Å². The highest BCUT2D eigenvalue weighted by molar-refractivity contribution is 5.92. The largest absolute Gasteiger partial charge is 0.371 e. The molecule has 1 aliphatic heterocycles. The number of hydrogen-bond acceptors (Lipinski definition) is 2. The molecule has 1 fully saturated rings. The molecule has 1 amide bonds. The number of carbonyl (C=O) groups is 1. The number of benzene rings is 1. The number of amides is 1. The Morgan fingerprint density at radius 2 is 2.00 bits per heavy atom. The zero-order valence-corrected chi connectivity index (χ0v) is 12.1. The van der Waals surface area contributed by atoms with Crippen LogP contribution < -0.4 is 10.2 Å². The predicted molar refractivity (Wildman–Crippen MR) is 80.5 cm³/mol. The summed E-state index contributed by atoms with van der Waals surface area (Å²) in [6.07, 6.45) is 2.60. The molecule has 19 heavy (non-hydrogen) atoms. The van der Waals surface area contributed by atoms with E-state index in [-0.39, 0.29) is 11.8 Å². The van der Waals surface area contributed by atoms with Crippen molar-refractivity contribution in [2.24, 2.45) is 11.8 Å². The number of nitrogens with zero attached hydrogens (tertiary/aromatic N) is 1. The van der Waals surface area contributed by atoms with E-state index in [9.17, 15) is 4.79 Å². The number of anilines is 2. The summed E-state index contributed by atoms with van der Waals surface area (Å²) in [5.74, 6) is 0.857. The molecule has 0 aliphatic carbocycles. The summed E-state index contributed by atoms with van der Waals surface area (Å²) in [6, 6.07) is 8.20. The predicted octanol–water partition coefficient (Wildman–Crippen LogP) is 3.52. The second kappa shape index (κ2) is 6.09. The first-order valence-electron chi connectivity index (χ1n) is 7.22. The first-order valence-corrected chi connectivity index (χ1v) is 7.22. The van der Waals surface area contributed by atoms with Gasteiger partial charge in [0.1, 0.15) is 0 Å². The minimum atomic E-state index is 0.0163.